The molecule has 1 aromatic rings. The second-order valence-electron chi connectivity index (χ2n) is 2.80. The second kappa shape index (κ2) is 4.10. The quantitative estimate of drug-likeness (QED) is 0.818. The van der Waals surface area contributed by atoms with Crippen LogP contribution < -0.4 is 5.14 Å². The Kier molecular flexibility index (Phi) is 3.47. The minimum atomic E-state index is -3.66. The molecule has 0 saturated heterocycles. The highest BCUT2D eigenvalue weighted by atomic mass is 35.5. The lowest BCUT2D eigenvalue weighted by Gasteiger charge is -2.07. The smallest absolute Gasteiger partial charge is 0.225 e. The first-order valence-electron chi connectivity index (χ1n) is 3.73. The van der Waals surface area contributed by atoms with E-state index in [0.29, 0.717) is 15.5 Å². The fraction of sp³-hybridized carbons (Fsp3) is 0.250. The minimum Gasteiger partial charge on any atom is -0.225 e. The van der Waals surface area contributed by atoms with Crippen molar-refractivity contribution in [1.82, 2.24) is 0 Å². The zero-order valence-corrected chi connectivity index (χ0v) is 10.1. The van der Waals surface area contributed by atoms with E-state index in [9.17, 15) is 8.42 Å². The summed E-state index contributed by atoms with van der Waals surface area (Å²) in [6, 6.07) is 3.10. The van der Waals surface area contributed by atoms with Gasteiger partial charge in [0.25, 0.3) is 0 Å². The van der Waals surface area contributed by atoms with Crippen molar-refractivity contribution in [2.75, 3.05) is 6.26 Å². The van der Waals surface area contributed by atoms with Gasteiger partial charge in [0.2, 0.25) is 10.0 Å². The molecule has 6 heteroatoms. The van der Waals surface area contributed by atoms with Gasteiger partial charge in [-0.05, 0) is 30.9 Å². The maximum Gasteiger partial charge on any atom is 0.239 e. The third kappa shape index (κ3) is 2.42. The average Bonchev–Trinajstić information content (AvgIpc) is 2.07. The first kappa shape index (κ1) is 11.8. The summed E-state index contributed by atoms with van der Waals surface area (Å²) in [5.74, 6) is 0. The summed E-state index contributed by atoms with van der Waals surface area (Å²) in [5.41, 5.74) is 0.702. The summed E-state index contributed by atoms with van der Waals surface area (Å²) in [5, 5.41) is 5.61. The molecule has 0 fully saturated rings. The highest BCUT2D eigenvalue weighted by Crippen LogP contribution is 2.29. The Morgan fingerprint density at radius 2 is 2.00 bits per heavy atom. The number of sulfonamides is 1. The van der Waals surface area contributed by atoms with E-state index in [1.807, 2.05) is 0 Å². The van der Waals surface area contributed by atoms with Gasteiger partial charge >= 0.3 is 0 Å². The summed E-state index contributed by atoms with van der Waals surface area (Å²) >= 11 is 7.17. The molecule has 0 amide bonds. The standard InChI is InChI=1S/C8H10ClNO2S2/c1-5-3-8(14(10,11)12)7(13-2)4-6(5)9/h3-4H,1-2H3,(H2,10,11,12). The van der Waals surface area contributed by atoms with Gasteiger partial charge in [0.05, 0.1) is 4.90 Å². The molecule has 0 atom stereocenters. The molecule has 0 aliphatic rings. The molecule has 0 radical (unpaired) electrons. The monoisotopic (exact) mass is 251 g/mol. The number of benzene rings is 1. The van der Waals surface area contributed by atoms with Crippen molar-refractivity contribution in [3.05, 3.63) is 22.7 Å². The molecule has 0 aliphatic carbocycles. The average molecular weight is 252 g/mol. The molecular weight excluding hydrogens is 242 g/mol. The first-order valence-corrected chi connectivity index (χ1v) is 6.88. The summed E-state index contributed by atoms with van der Waals surface area (Å²) in [4.78, 5) is 0.704. The molecule has 3 nitrogen and oxygen atoms in total. The van der Waals surface area contributed by atoms with Crippen LogP contribution in [-0.4, -0.2) is 14.7 Å². The number of hydrogen-bond acceptors (Lipinski definition) is 3. The third-order valence-electron chi connectivity index (χ3n) is 1.75. The number of rotatable bonds is 2. The van der Waals surface area contributed by atoms with Gasteiger partial charge in [0.15, 0.2) is 0 Å². The first-order chi connectivity index (χ1) is 6.36. The van der Waals surface area contributed by atoms with E-state index in [1.54, 1.807) is 19.2 Å². The molecule has 2 N–H and O–H groups in total. The van der Waals surface area contributed by atoms with Gasteiger partial charge in [-0.25, -0.2) is 13.6 Å². The highest BCUT2D eigenvalue weighted by Gasteiger charge is 2.15. The molecule has 0 bridgehead atoms. The Hall–Kier alpha value is -0.230. The van der Waals surface area contributed by atoms with Crippen LogP contribution in [0.2, 0.25) is 5.02 Å². The molecule has 0 aliphatic heterocycles. The van der Waals surface area contributed by atoms with Crippen molar-refractivity contribution in [2.24, 2.45) is 5.14 Å². The maximum absolute atomic E-state index is 11.2. The zero-order valence-electron chi connectivity index (χ0n) is 7.74. The van der Waals surface area contributed by atoms with Gasteiger partial charge in [-0.1, -0.05) is 11.6 Å². The third-order valence-corrected chi connectivity index (χ3v) is 4.02. The van der Waals surface area contributed by atoms with Crippen molar-refractivity contribution >= 4 is 33.4 Å². The molecule has 0 aromatic heterocycles. The molecule has 1 aromatic carbocycles. The van der Waals surface area contributed by atoms with Crippen molar-refractivity contribution in [1.29, 1.82) is 0 Å². The van der Waals surface area contributed by atoms with Crippen LogP contribution >= 0.6 is 23.4 Å². The van der Waals surface area contributed by atoms with Crippen LogP contribution in [0.5, 0.6) is 0 Å². The Labute approximate surface area is 92.7 Å². The van der Waals surface area contributed by atoms with Gasteiger partial charge < -0.3 is 0 Å². The number of aryl methyl sites for hydroxylation is 1. The largest absolute Gasteiger partial charge is 0.239 e. The minimum absolute atomic E-state index is 0.131. The van der Waals surface area contributed by atoms with Crippen LogP contribution in [0.4, 0.5) is 0 Å². The number of hydrogen-bond donors (Lipinski definition) is 1. The van der Waals surface area contributed by atoms with Gasteiger partial charge in [0.1, 0.15) is 0 Å². The van der Waals surface area contributed by atoms with E-state index in [1.165, 1.54) is 17.8 Å². The Morgan fingerprint density at radius 3 is 2.43 bits per heavy atom. The summed E-state index contributed by atoms with van der Waals surface area (Å²) < 4.78 is 22.4. The maximum atomic E-state index is 11.2. The Bertz CT molecular complexity index is 457. The van der Waals surface area contributed by atoms with Gasteiger partial charge in [-0.15, -0.1) is 11.8 Å². The normalized spacial score (nSPS) is 11.7. The number of primary sulfonamides is 1. The lowest BCUT2D eigenvalue weighted by Crippen LogP contribution is -2.13. The number of nitrogens with two attached hydrogens (primary N) is 1. The van der Waals surface area contributed by atoms with Crippen LogP contribution in [-0.2, 0) is 10.0 Å². The lowest BCUT2D eigenvalue weighted by atomic mass is 10.2. The van der Waals surface area contributed by atoms with E-state index in [2.05, 4.69) is 0 Å². The van der Waals surface area contributed by atoms with Crippen molar-refractivity contribution in [2.45, 2.75) is 16.7 Å². The van der Waals surface area contributed by atoms with Crippen LogP contribution in [0.15, 0.2) is 21.9 Å². The summed E-state index contributed by atoms with van der Waals surface area (Å²) in [6.45, 7) is 1.74. The topological polar surface area (TPSA) is 60.2 Å². The van der Waals surface area contributed by atoms with E-state index in [-0.39, 0.29) is 4.90 Å². The fourth-order valence-electron chi connectivity index (χ4n) is 1.02. The van der Waals surface area contributed by atoms with Crippen LogP contribution in [0, 0.1) is 6.92 Å². The lowest BCUT2D eigenvalue weighted by molar-refractivity contribution is 0.595. The zero-order chi connectivity index (χ0) is 10.9. The number of thioether (sulfide) groups is 1. The molecule has 0 heterocycles. The van der Waals surface area contributed by atoms with Crippen molar-refractivity contribution < 1.29 is 8.42 Å². The van der Waals surface area contributed by atoms with E-state index in [4.69, 9.17) is 16.7 Å². The van der Waals surface area contributed by atoms with Crippen LogP contribution in [0.25, 0.3) is 0 Å². The second-order valence-corrected chi connectivity index (χ2v) is 5.58. The molecular formula is C8H10ClNO2S2. The van der Waals surface area contributed by atoms with Crippen molar-refractivity contribution in [3.63, 3.8) is 0 Å². The van der Waals surface area contributed by atoms with Crippen molar-refractivity contribution in [3.8, 4) is 0 Å². The SMILES string of the molecule is CSc1cc(Cl)c(C)cc1S(N)(=O)=O. The van der Waals surface area contributed by atoms with Gasteiger partial charge in [0, 0.05) is 9.92 Å². The molecule has 78 valence electrons. The number of halogens is 1. The molecule has 0 unspecified atom stereocenters. The molecule has 14 heavy (non-hydrogen) atoms. The Morgan fingerprint density at radius 1 is 1.43 bits per heavy atom. The van der Waals surface area contributed by atoms with Gasteiger partial charge in [-0.3, -0.25) is 0 Å². The molecule has 0 saturated carbocycles. The predicted molar refractivity (Wildman–Crippen MR) is 59.3 cm³/mol. The van der Waals surface area contributed by atoms with Crippen LogP contribution in [0.1, 0.15) is 5.56 Å². The van der Waals surface area contributed by atoms with Gasteiger partial charge in [-0.2, -0.15) is 0 Å². The van der Waals surface area contributed by atoms with E-state index < -0.39 is 10.0 Å². The predicted octanol–water partition coefficient (Wildman–Crippen LogP) is 2.02. The fourth-order valence-corrected chi connectivity index (χ4v) is 3.02. The summed E-state index contributed by atoms with van der Waals surface area (Å²) in [7, 11) is -3.66. The van der Waals surface area contributed by atoms with E-state index in [0.717, 1.165) is 0 Å². The summed E-state index contributed by atoms with van der Waals surface area (Å²) in [6.07, 6.45) is 1.77. The van der Waals surface area contributed by atoms with Crippen LogP contribution in [0.3, 0.4) is 0 Å². The molecule has 0 spiro atoms. The Balaban J connectivity index is 3.51. The van der Waals surface area contributed by atoms with E-state index >= 15 is 0 Å². The molecule has 1 rings (SSSR count). The highest BCUT2D eigenvalue weighted by molar-refractivity contribution is 7.99.